The molecule has 3 heterocycles. The van der Waals surface area contributed by atoms with E-state index in [0.717, 1.165) is 17.6 Å². The van der Waals surface area contributed by atoms with Gasteiger partial charge in [-0.15, -0.1) is 5.10 Å². The number of hydrogen-bond acceptors (Lipinski definition) is 8. The fourth-order valence-corrected chi connectivity index (χ4v) is 4.41. The average Bonchev–Trinajstić information content (AvgIpc) is 3.28. The van der Waals surface area contributed by atoms with Gasteiger partial charge in [0, 0.05) is 30.1 Å². The standard InChI is InChI=1S/C24H34N6O4/c1-6-24(4,5)30-22(26-27-28-30)21(15(2)3)29(7-8-31)14-17-11-16-12-19-20(34-10-9-33-19)13-18(16)25-23(17)32/h11-13,15,21,31H,6-10,14H2,1-5H3,(H,25,32)/t21-/m1/s1. The Labute approximate surface area is 198 Å². The second kappa shape index (κ2) is 9.71. The fraction of sp³-hybridized carbons (Fsp3) is 0.583. The monoisotopic (exact) mass is 470 g/mol. The third-order valence-electron chi connectivity index (χ3n) is 6.57. The molecule has 0 saturated heterocycles. The molecule has 4 rings (SSSR count). The molecule has 0 spiro atoms. The number of hydrogen-bond donors (Lipinski definition) is 2. The van der Waals surface area contributed by atoms with Crippen LogP contribution in [0.25, 0.3) is 10.9 Å². The van der Waals surface area contributed by atoms with Gasteiger partial charge in [-0.25, -0.2) is 4.68 Å². The highest BCUT2D eigenvalue weighted by Gasteiger charge is 2.33. The number of tetrazole rings is 1. The summed E-state index contributed by atoms with van der Waals surface area (Å²) in [4.78, 5) is 18.1. The number of rotatable bonds is 9. The first kappa shape index (κ1) is 24.2. The number of H-pyrrole nitrogens is 1. The first-order valence-electron chi connectivity index (χ1n) is 11.8. The zero-order valence-corrected chi connectivity index (χ0v) is 20.5. The molecular weight excluding hydrogens is 436 g/mol. The number of aliphatic hydroxyl groups excluding tert-OH is 1. The zero-order chi connectivity index (χ0) is 24.5. The molecule has 10 nitrogen and oxygen atoms in total. The normalized spacial score (nSPS) is 14.8. The number of aromatic nitrogens is 5. The van der Waals surface area contributed by atoms with Crippen molar-refractivity contribution in [2.45, 2.75) is 59.2 Å². The molecule has 34 heavy (non-hydrogen) atoms. The maximum atomic E-state index is 13.0. The Morgan fingerprint density at radius 2 is 1.91 bits per heavy atom. The van der Waals surface area contributed by atoms with Crippen molar-refractivity contribution in [2.24, 2.45) is 5.92 Å². The summed E-state index contributed by atoms with van der Waals surface area (Å²) in [6.45, 7) is 12.1. The van der Waals surface area contributed by atoms with Crippen LogP contribution < -0.4 is 15.0 Å². The van der Waals surface area contributed by atoms with Crippen LogP contribution in [0.15, 0.2) is 23.0 Å². The first-order valence-corrected chi connectivity index (χ1v) is 11.8. The van der Waals surface area contributed by atoms with Crippen molar-refractivity contribution in [3.8, 4) is 11.5 Å². The molecule has 184 valence electrons. The number of fused-ring (bicyclic) bond motifs is 2. The summed E-state index contributed by atoms with van der Waals surface area (Å²) in [6, 6.07) is 5.39. The maximum Gasteiger partial charge on any atom is 0.252 e. The lowest BCUT2D eigenvalue weighted by Gasteiger charge is -2.35. The number of aliphatic hydroxyl groups is 1. The van der Waals surface area contributed by atoms with Gasteiger partial charge in [0.2, 0.25) is 0 Å². The van der Waals surface area contributed by atoms with Gasteiger partial charge in [-0.05, 0) is 48.7 Å². The predicted octanol–water partition coefficient (Wildman–Crippen LogP) is 2.62. The van der Waals surface area contributed by atoms with E-state index in [9.17, 15) is 9.90 Å². The molecule has 3 aromatic rings. The molecule has 10 heteroatoms. The third kappa shape index (κ3) is 4.65. The molecule has 1 aliphatic heterocycles. The van der Waals surface area contributed by atoms with Crippen molar-refractivity contribution in [3.05, 3.63) is 39.9 Å². The van der Waals surface area contributed by atoms with E-state index in [1.54, 1.807) is 6.07 Å². The Kier molecular flexibility index (Phi) is 6.90. The third-order valence-corrected chi connectivity index (χ3v) is 6.57. The maximum absolute atomic E-state index is 13.0. The smallest absolute Gasteiger partial charge is 0.252 e. The molecule has 0 amide bonds. The van der Waals surface area contributed by atoms with E-state index in [4.69, 9.17) is 9.47 Å². The minimum absolute atomic E-state index is 0.0495. The molecule has 0 radical (unpaired) electrons. The first-order chi connectivity index (χ1) is 16.2. The van der Waals surface area contributed by atoms with Crippen LogP contribution in [0.1, 0.15) is 58.5 Å². The lowest BCUT2D eigenvalue weighted by molar-refractivity contribution is 0.0999. The molecule has 0 saturated carbocycles. The van der Waals surface area contributed by atoms with Crippen LogP contribution in [0.5, 0.6) is 11.5 Å². The lowest BCUT2D eigenvalue weighted by Crippen LogP contribution is -2.39. The minimum atomic E-state index is -0.265. The number of aromatic amines is 1. The molecule has 1 aromatic carbocycles. The predicted molar refractivity (Wildman–Crippen MR) is 128 cm³/mol. The molecule has 0 bridgehead atoms. The van der Waals surface area contributed by atoms with Crippen LogP contribution in [0.3, 0.4) is 0 Å². The summed E-state index contributed by atoms with van der Waals surface area (Å²) < 4.78 is 13.2. The van der Waals surface area contributed by atoms with Crippen LogP contribution in [0, 0.1) is 5.92 Å². The van der Waals surface area contributed by atoms with E-state index in [1.165, 1.54) is 0 Å². The highest BCUT2D eigenvalue weighted by atomic mass is 16.6. The fourth-order valence-electron chi connectivity index (χ4n) is 4.41. The summed E-state index contributed by atoms with van der Waals surface area (Å²) in [5, 5.41) is 23.4. The summed E-state index contributed by atoms with van der Waals surface area (Å²) in [7, 11) is 0. The van der Waals surface area contributed by atoms with E-state index in [2.05, 4.69) is 60.0 Å². The van der Waals surface area contributed by atoms with Crippen molar-refractivity contribution < 1.29 is 14.6 Å². The van der Waals surface area contributed by atoms with Gasteiger partial charge in [0.1, 0.15) is 13.2 Å². The van der Waals surface area contributed by atoms with Crippen LogP contribution in [-0.2, 0) is 12.1 Å². The van der Waals surface area contributed by atoms with Crippen molar-refractivity contribution in [3.63, 3.8) is 0 Å². The highest BCUT2D eigenvalue weighted by Crippen LogP contribution is 2.35. The average molecular weight is 471 g/mol. The van der Waals surface area contributed by atoms with Crippen molar-refractivity contribution in [2.75, 3.05) is 26.4 Å². The molecule has 0 fully saturated rings. The molecular formula is C24H34N6O4. The van der Waals surface area contributed by atoms with Gasteiger partial charge in [0.05, 0.1) is 23.7 Å². The van der Waals surface area contributed by atoms with E-state index in [0.29, 0.717) is 48.9 Å². The van der Waals surface area contributed by atoms with Gasteiger partial charge in [0.25, 0.3) is 5.56 Å². The topological polar surface area (TPSA) is 118 Å². The molecule has 0 aliphatic carbocycles. The number of ether oxygens (including phenoxy) is 2. The molecule has 2 N–H and O–H groups in total. The number of pyridine rings is 1. The van der Waals surface area contributed by atoms with Gasteiger partial charge >= 0.3 is 0 Å². The van der Waals surface area contributed by atoms with Gasteiger partial charge < -0.3 is 19.6 Å². The highest BCUT2D eigenvalue weighted by molar-refractivity contribution is 5.83. The van der Waals surface area contributed by atoms with Crippen molar-refractivity contribution in [1.82, 2.24) is 30.1 Å². The lowest BCUT2D eigenvalue weighted by atomic mass is 9.97. The van der Waals surface area contributed by atoms with E-state index in [-0.39, 0.29) is 29.7 Å². The van der Waals surface area contributed by atoms with E-state index >= 15 is 0 Å². The molecule has 1 atom stereocenters. The number of benzene rings is 1. The van der Waals surface area contributed by atoms with Crippen LogP contribution in [0.4, 0.5) is 0 Å². The quantitative estimate of drug-likeness (QED) is 0.490. The van der Waals surface area contributed by atoms with Gasteiger partial charge in [-0.3, -0.25) is 9.69 Å². The van der Waals surface area contributed by atoms with Gasteiger partial charge in [0.15, 0.2) is 17.3 Å². The Morgan fingerprint density at radius 1 is 1.21 bits per heavy atom. The van der Waals surface area contributed by atoms with Crippen molar-refractivity contribution >= 4 is 10.9 Å². The van der Waals surface area contributed by atoms with Gasteiger partial charge in [-0.2, -0.15) is 0 Å². The Morgan fingerprint density at radius 3 is 2.56 bits per heavy atom. The Balaban J connectivity index is 1.73. The van der Waals surface area contributed by atoms with E-state index < -0.39 is 0 Å². The molecule has 1 aliphatic rings. The van der Waals surface area contributed by atoms with Crippen LogP contribution >= 0.6 is 0 Å². The SMILES string of the molecule is CCC(C)(C)n1nnnc1[C@@H](C(C)C)N(CCO)Cc1cc2cc3c(cc2[nH]c1=O)OCCO3. The second-order valence-electron chi connectivity index (χ2n) is 9.70. The largest absolute Gasteiger partial charge is 0.486 e. The Bertz CT molecular complexity index is 1200. The summed E-state index contributed by atoms with van der Waals surface area (Å²) in [6.07, 6.45) is 0.857. The van der Waals surface area contributed by atoms with Crippen LogP contribution in [0.2, 0.25) is 0 Å². The van der Waals surface area contributed by atoms with Gasteiger partial charge in [-0.1, -0.05) is 20.8 Å². The number of nitrogens with one attached hydrogen (secondary N) is 1. The summed E-state index contributed by atoms with van der Waals surface area (Å²) in [5.74, 6) is 2.17. The Hall–Kier alpha value is -2.98. The summed E-state index contributed by atoms with van der Waals surface area (Å²) in [5.41, 5.74) is 0.847. The molecule has 0 unspecified atom stereocenters. The van der Waals surface area contributed by atoms with E-state index in [1.807, 2.05) is 16.8 Å². The number of nitrogens with zero attached hydrogens (tertiary/aromatic N) is 5. The minimum Gasteiger partial charge on any atom is -0.486 e. The van der Waals surface area contributed by atoms with Crippen LogP contribution in [-0.4, -0.2) is 61.6 Å². The van der Waals surface area contributed by atoms with Crippen molar-refractivity contribution in [1.29, 1.82) is 0 Å². The molecule has 2 aromatic heterocycles. The summed E-state index contributed by atoms with van der Waals surface area (Å²) >= 11 is 0. The zero-order valence-electron chi connectivity index (χ0n) is 20.5. The second-order valence-corrected chi connectivity index (χ2v) is 9.70.